The highest BCUT2D eigenvalue weighted by Crippen LogP contribution is 2.29. The Balaban J connectivity index is 1.99. The molecule has 2 amide bonds. The second-order valence-electron chi connectivity index (χ2n) is 6.41. The summed E-state index contributed by atoms with van der Waals surface area (Å²) in [5.74, 6) is 0.841. The minimum absolute atomic E-state index is 0.0557. The van der Waals surface area contributed by atoms with Crippen molar-refractivity contribution in [2.45, 2.75) is 32.8 Å². The van der Waals surface area contributed by atoms with Gasteiger partial charge in [0.1, 0.15) is 0 Å². The molecule has 1 aliphatic heterocycles. The number of ether oxygens (including phenoxy) is 2. The van der Waals surface area contributed by atoms with E-state index in [0.29, 0.717) is 37.4 Å². The molecule has 0 unspecified atom stereocenters. The molecule has 0 saturated carbocycles. The number of rotatable bonds is 6. The Hall–Kier alpha value is -2.50. The summed E-state index contributed by atoms with van der Waals surface area (Å²) >= 11 is 0. The molecule has 0 spiro atoms. The van der Waals surface area contributed by atoms with Crippen molar-refractivity contribution < 1.29 is 19.1 Å². The number of carbonyl (C=O) groups is 2. The summed E-state index contributed by atoms with van der Waals surface area (Å²) in [6.45, 7) is 5.02. The molecule has 6 heteroatoms. The summed E-state index contributed by atoms with van der Waals surface area (Å²) in [6, 6.07) is 5.55. The number of methoxy groups -OCH3 is 1. The van der Waals surface area contributed by atoms with E-state index in [9.17, 15) is 9.59 Å². The Bertz CT molecular complexity index is 647. The normalized spacial score (nSPS) is 15.6. The molecule has 25 heavy (non-hydrogen) atoms. The molecule has 1 aromatic carbocycles. The average Bonchev–Trinajstić information content (AvgIpc) is 2.60. The van der Waals surface area contributed by atoms with Gasteiger partial charge in [0.25, 0.3) is 0 Å². The molecule has 1 saturated heterocycles. The van der Waals surface area contributed by atoms with Crippen molar-refractivity contribution in [3.05, 3.63) is 29.8 Å². The van der Waals surface area contributed by atoms with Crippen LogP contribution in [0.5, 0.6) is 11.5 Å². The van der Waals surface area contributed by atoms with Gasteiger partial charge in [0, 0.05) is 25.1 Å². The maximum atomic E-state index is 12.3. The quantitative estimate of drug-likeness (QED) is 0.801. The average molecular weight is 346 g/mol. The first-order valence-electron chi connectivity index (χ1n) is 8.51. The lowest BCUT2D eigenvalue weighted by Crippen LogP contribution is -2.41. The first-order valence-corrected chi connectivity index (χ1v) is 8.51. The number of hydrogen-bond acceptors (Lipinski definition) is 4. The van der Waals surface area contributed by atoms with Crippen molar-refractivity contribution in [2.24, 2.45) is 11.7 Å². The Morgan fingerprint density at radius 3 is 2.48 bits per heavy atom. The van der Waals surface area contributed by atoms with Crippen LogP contribution >= 0.6 is 0 Å². The molecule has 1 fully saturated rings. The van der Waals surface area contributed by atoms with E-state index >= 15 is 0 Å². The number of nitrogens with zero attached hydrogens (tertiary/aromatic N) is 1. The third-order valence-corrected chi connectivity index (χ3v) is 4.18. The van der Waals surface area contributed by atoms with E-state index in [1.54, 1.807) is 24.2 Å². The summed E-state index contributed by atoms with van der Waals surface area (Å²) in [4.78, 5) is 25.2. The van der Waals surface area contributed by atoms with Gasteiger partial charge in [-0.15, -0.1) is 0 Å². The number of amides is 2. The SMILES string of the molecule is COc1cc(/C=C/C(=O)N2CCC(C(N)=O)CC2)ccc1OC(C)C. The van der Waals surface area contributed by atoms with E-state index in [4.69, 9.17) is 15.2 Å². The molecule has 0 radical (unpaired) electrons. The molecule has 0 bridgehead atoms. The maximum Gasteiger partial charge on any atom is 0.246 e. The molecule has 136 valence electrons. The van der Waals surface area contributed by atoms with Gasteiger partial charge in [-0.3, -0.25) is 9.59 Å². The fourth-order valence-corrected chi connectivity index (χ4v) is 2.80. The third kappa shape index (κ3) is 5.24. The molecule has 1 aliphatic rings. The van der Waals surface area contributed by atoms with Crippen LogP contribution in [0.1, 0.15) is 32.3 Å². The van der Waals surface area contributed by atoms with Gasteiger partial charge in [-0.25, -0.2) is 0 Å². The standard InChI is InChI=1S/C19H26N2O4/c1-13(2)25-16-6-4-14(12-17(16)24-3)5-7-18(22)21-10-8-15(9-11-21)19(20)23/h4-7,12-13,15H,8-11H2,1-3H3,(H2,20,23)/b7-5+. The Morgan fingerprint density at radius 2 is 1.92 bits per heavy atom. The van der Waals surface area contributed by atoms with Crippen molar-refractivity contribution in [2.75, 3.05) is 20.2 Å². The molecular weight excluding hydrogens is 320 g/mol. The van der Waals surface area contributed by atoms with Crippen LogP contribution < -0.4 is 15.2 Å². The lowest BCUT2D eigenvalue weighted by Gasteiger charge is -2.29. The van der Waals surface area contributed by atoms with Crippen LogP contribution in [0.25, 0.3) is 6.08 Å². The van der Waals surface area contributed by atoms with Gasteiger partial charge in [-0.2, -0.15) is 0 Å². The Morgan fingerprint density at radius 1 is 1.24 bits per heavy atom. The van der Waals surface area contributed by atoms with E-state index < -0.39 is 0 Å². The van der Waals surface area contributed by atoms with Crippen molar-refractivity contribution in [1.29, 1.82) is 0 Å². The highest BCUT2D eigenvalue weighted by atomic mass is 16.5. The minimum Gasteiger partial charge on any atom is -0.493 e. The second-order valence-corrected chi connectivity index (χ2v) is 6.41. The minimum atomic E-state index is -0.279. The van der Waals surface area contributed by atoms with Crippen molar-refractivity contribution in [3.8, 4) is 11.5 Å². The smallest absolute Gasteiger partial charge is 0.246 e. The Labute approximate surface area is 148 Å². The second kappa shape index (κ2) is 8.55. The van der Waals surface area contributed by atoms with Crippen LogP contribution in [0.4, 0.5) is 0 Å². The van der Waals surface area contributed by atoms with Crippen LogP contribution in [-0.2, 0) is 9.59 Å². The van der Waals surface area contributed by atoms with Crippen molar-refractivity contribution >= 4 is 17.9 Å². The van der Waals surface area contributed by atoms with Crippen LogP contribution in [-0.4, -0.2) is 43.0 Å². The molecule has 1 aromatic rings. The third-order valence-electron chi connectivity index (χ3n) is 4.18. The van der Waals surface area contributed by atoms with E-state index in [-0.39, 0.29) is 23.8 Å². The number of carbonyl (C=O) groups excluding carboxylic acids is 2. The lowest BCUT2D eigenvalue weighted by molar-refractivity contribution is -0.130. The molecular formula is C19H26N2O4. The first-order chi connectivity index (χ1) is 11.9. The summed E-state index contributed by atoms with van der Waals surface area (Å²) in [5, 5.41) is 0. The number of hydrogen-bond donors (Lipinski definition) is 1. The fraction of sp³-hybridized carbons (Fsp3) is 0.474. The van der Waals surface area contributed by atoms with E-state index in [2.05, 4.69) is 0 Å². The summed E-state index contributed by atoms with van der Waals surface area (Å²) in [7, 11) is 1.59. The topological polar surface area (TPSA) is 81.9 Å². The van der Waals surface area contributed by atoms with Crippen molar-refractivity contribution in [3.63, 3.8) is 0 Å². The zero-order valence-corrected chi connectivity index (χ0v) is 15.0. The fourth-order valence-electron chi connectivity index (χ4n) is 2.80. The van der Waals surface area contributed by atoms with Gasteiger partial charge in [0.15, 0.2) is 11.5 Å². The maximum absolute atomic E-state index is 12.3. The number of primary amides is 1. The molecule has 6 nitrogen and oxygen atoms in total. The van der Waals surface area contributed by atoms with E-state index in [0.717, 1.165) is 5.56 Å². The summed E-state index contributed by atoms with van der Waals surface area (Å²) in [5.41, 5.74) is 6.17. The van der Waals surface area contributed by atoms with E-state index in [1.165, 1.54) is 0 Å². The number of piperidine rings is 1. The van der Waals surface area contributed by atoms with Gasteiger partial charge in [0.05, 0.1) is 13.2 Å². The molecule has 0 aromatic heterocycles. The van der Waals surface area contributed by atoms with Gasteiger partial charge in [0.2, 0.25) is 11.8 Å². The van der Waals surface area contributed by atoms with Crippen molar-refractivity contribution in [1.82, 2.24) is 4.90 Å². The van der Waals surface area contributed by atoms with Gasteiger partial charge in [-0.05, 0) is 50.5 Å². The molecule has 0 atom stereocenters. The van der Waals surface area contributed by atoms with Crippen LogP contribution in [0.15, 0.2) is 24.3 Å². The predicted molar refractivity (Wildman–Crippen MR) is 96.3 cm³/mol. The van der Waals surface area contributed by atoms with Gasteiger partial charge >= 0.3 is 0 Å². The van der Waals surface area contributed by atoms with Crippen LogP contribution in [0.2, 0.25) is 0 Å². The molecule has 2 rings (SSSR count). The first kappa shape index (κ1) is 18.8. The predicted octanol–water partition coefficient (Wildman–Crippen LogP) is 2.22. The van der Waals surface area contributed by atoms with Gasteiger partial charge in [-0.1, -0.05) is 6.07 Å². The largest absolute Gasteiger partial charge is 0.493 e. The van der Waals surface area contributed by atoms with Crippen LogP contribution in [0, 0.1) is 5.92 Å². The number of nitrogens with two attached hydrogens (primary N) is 1. The molecule has 0 aliphatic carbocycles. The highest BCUT2D eigenvalue weighted by Gasteiger charge is 2.24. The molecule has 1 heterocycles. The zero-order chi connectivity index (χ0) is 18.4. The highest BCUT2D eigenvalue weighted by molar-refractivity contribution is 5.92. The monoisotopic (exact) mass is 346 g/mol. The van der Waals surface area contributed by atoms with Gasteiger partial charge < -0.3 is 20.1 Å². The molecule has 2 N–H and O–H groups in total. The number of benzene rings is 1. The van der Waals surface area contributed by atoms with Crippen LogP contribution in [0.3, 0.4) is 0 Å². The summed E-state index contributed by atoms with van der Waals surface area (Å²) in [6.07, 6.45) is 4.61. The van der Waals surface area contributed by atoms with E-state index in [1.807, 2.05) is 32.0 Å². The lowest BCUT2D eigenvalue weighted by atomic mass is 9.96. The Kier molecular flexibility index (Phi) is 6.44. The summed E-state index contributed by atoms with van der Waals surface area (Å²) < 4.78 is 11.0. The number of likely N-dealkylation sites (tertiary alicyclic amines) is 1. The zero-order valence-electron chi connectivity index (χ0n) is 15.0.